The predicted octanol–water partition coefficient (Wildman–Crippen LogP) is 3.03. The maximum Gasteiger partial charge on any atom is 0.252 e. The Morgan fingerprint density at radius 1 is 1.09 bits per heavy atom. The summed E-state index contributed by atoms with van der Waals surface area (Å²) in [5, 5.41) is 6.94. The number of halogens is 1. The van der Waals surface area contributed by atoms with Crippen molar-refractivity contribution in [3.63, 3.8) is 0 Å². The highest BCUT2D eigenvalue weighted by molar-refractivity contribution is 5.39. The third-order valence-corrected chi connectivity index (χ3v) is 3.20. The van der Waals surface area contributed by atoms with Gasteiger partial charge < -0.3 is 5.32 Å². The average molecular weight is 297 g/mol. The van der Waals surface area contributed by atoms with Gasteiger partial charge in [0.15, 0.2) is 0 Å². The van der Waals surface area contributed by atoms with Crippen LogP contribution in [0.25, 0.3) is 5.95 Å². The van der Waals surface area contributed by atoms with Gasteiger partial charge in [-0.3, -0.25) is 0 Å². The van der Waals surface area contributed by atoms with Crippen LogP contribution in [-0.4, -0.2) is 19.7 Å². The SMILES string of the molecule is Cc1ccc(CNc2cc(C)nc(-n3ccc(F)n3)n2)cc1. The monoisotopic (exact) mass is 297 g/mol. The van der Waals surface area contributed by atoms with Gasteiger partial charge in [0.05, 0.1) is 0 Å². The van der Waals surface area contributed by atoms with Crippen molar-refractivity contribution in [2.45, 2.75) is 20.4 Å². The second-order valence-electron chi connectivity index (χ2n) is 5.12. The van der Waals surface area contributed by atoms with Crippen LogP contribution in [0.15, 0.2) is 42.6 Å². The van der Waals surface area contributed by atoms with Gasteiger partial charge in [-0.25, -0.2) is 9.67 Å². The Hall–Kier alpha value is -2.76. The lowest BCUT2D eigenvalue weighted by molar-refractivity contribution is 0.562. The molecule has 0 spiro atoms. The lowest BCUT2D eigenvalue weighted by Crippen LogP contribution is -2.08. The van der Waals surface area contributed by atoms with Crippen molar-refractivity contribution >= 4 is 5.82 Å². The summed E-state index contributed by atoms with van der Waals surface area (Å²) >= 11 is 0. The second kappa shape index (κ2) is 5.93. The topological polar surface area (TPSA) is 55.6 Å². The van der Waals surface area contributed by atoms with Gasteiger partial charge in [0.1, 0.15) is 5.82 Å². The number of aryl methyl sites for hydroxylation is 2. The molecule has 2 aromatic heterocycles. The molecule has 112 valence electrons. The summed E-state index contributed by atoms with van der Waals surface area (Å²) in [4.78, 5) is 8.63. The largest absolute Gasteiger partial charge is 0.366 e. The number of hydrogen-bond donors (Lipinski definition) is 1. The fraction of sp³-hybridized carbons (Fsp3) is 0.188. The molecule has 0 aliphatic rings. The number of anilines is 1. The van der Waals surface area contributed by atoms with Crippen LogP contribution in [-0.2, 0) is 6.54 Å². The highest BCUT2D eigenvalue weighted by atomic mass is 19.1. The van der Waals surface area contributed by atoms with Gasteiger partial charge in [0, 0.05) is 30.6 Å². The molecule has 0 saturated heterocycles. The summed E-state index contributed by atoms with van der Waals surface area (Å²) in [7, 11) is 0. The minimum Gasteiger partial charge on any atom is -0.366 e. The zero-order valence-electron chi connectivity index (χ0n) is 12.4. The van der Waals surface area contributed by atoms with E-state index in [1.54, 1.807) is 0 Å². The van der Waals surface area contributed by atoms with Crippen LogP contribution < -0.4 is 5.32 Å². The zero-order valence-corrected chi connectivity index (χ0v) is 12.4. The van der Waals surface area contributed by atoms with Gasteiger partial charge in [-0.15, -0.1) is 5.10 Å². The van der Waals surface area contributed by atoms with Crippen molar-refractivity contribution in [2.24, 2.45) is 0 Å². The molecular formula is C16H16FN5. The van der Waals surface area contributed by atoms with Gasteiger partial charge in [0.2, 0.25) is 5.95 Å². The zero-order chi connectivity index (χ0) is 15.5. The smallest absolute Gasteiger partial charge is 0.252 e. The fourth-order valence-electron chi connectivity index (χ4n) is 2.06. The minimum absolute atomic E-state index is 0.343. The molecule has 1 aromatic carbocycles. The van der Waals surface area contributed by atoms with Crippen molar-refractivity contribution in [3.05, 3.63) is 65.4 Å². The molecule has 0 radical (unpaired) electrons. The molecule has 0 amide bonds. The number of hydrogen-bond acceptors (Lipinski definition) is 4. The fourth-order valence-corrected chi connectivity index (χ4v) is 2.06. The van der Waals surface area contributed by atoms with Crippen molar-refractivity contribution < 1.29 is 4.39 Å². The Balaban J connectivity index is 1.79. The summed E-state index contributed by atoms with van der Waals surface area (Å²) in [6, 6.07) is 11.4. The molecule has 3 aromatic rings. The van der Waals surface area contributed by atoms with E-state index in [1.165, 1.54) is 22.5 Å². The second-order valence-corrected chi connectivity index (χ2v) is 5.12. The molecule has 0 saturated carbocycles. The van der Waals surface area contributed by atoms with Gasteiger partial charge in [0.25, 0.3) is 5.95 Å². The first-order valence-corrected chi connectivity index (χ1v) is 6.97. The number of nitrogens with one attached hydrogen (secondary N) is 1. The van der Waals surface area contributed by atoms with E-state index in [0.717, 1.165) is 11.3 Å². The molecule has 2 heterocycles. The summed E-state index contributed by atoms with van der Waals surface area (Å²) in [6.07, 6.45) is 1.49. The molecule has 0 fully saturated rings. The number of aromatic nitrogens is 4. The van der Waals surface area contributed by atoms with Crippen molar-refractivity contribution in [1.29, 1.82) is 0 Å². The summed E-state index contributed by atoms with van der Waals surface area (Å²) in [5.74, 6) is 0.466. The normalized spacial score (nSPS) is 10.7. The predicted molar refractivity (Wildman–Crippen MR) is 82.4 cm³/mol. The van der Waals surface area contributed by atoms with Crippen LogP contribution in [0.2, 0.25) is 0 Å². The van der Waals surface area contributed by atoms with Gasteiger partial charge >= 0.3 is 0 Å². The van der Waals surface area contributed by atoms with E-state index in [0.29, 0.717) is 18.3 Å². The Morgan fingerprint density at radius 3 is 2.55 bits per heavy atom. The van der Waals surface area contributed by atoms with Crippen LogP contribution in [0.4, 0.5) is 10.2 Å². The molecule has 22 heavy (non-hydrogen) atoms. The van der Waals surface area contributed by atoms with Crippen LogP contribution >= 0.6 is 0 Å². The molecule has 0 aliphatic heterocycles. The summed E-state index contributed by atoms with van der Waals surface area (Å²) < 4.78 is 14.3. The highest BCUT2D eigenvalue weighted by Crippen LogP contribution is 2.11. The van der Waals surface area contributed by atoms with Crippen LogP contribution in [0, 0.1) is 19.8 Å². The third-order valence-electron chi connectivity index (χ3n) is 3.20. The molecule has 0 bridgehead atoms. The first kappa shape index (κ1) is 14.2. The van der Waals surface area contributed by atoms with E-state index in [-0.39, 0.29) is 0 Å². The first-order valence-electron chi connectivity index (χ1n) is 6.97. The van der Waals surface area contributed by atoms with Gasteiger partial charge in [-0.05, 0) is 19.4 Å². The first-order chi connectivity index (χ1) is 10.6. The number of benzene rings is 1. The number of nitrogens with zero attached hydrogens (tertiary/aromatic N) is 4. The minimum atomic E-state index is -0.556. The van der Waals surface area contributed by atoms with Gasteiger partial charge in [-0.1, -0.05) is 29.8 Å². The number of rotatable bonds is 4. The maximum absolute atomic E-state index is 13.0. The molecule has 3 rings (SSSR count). The van der Waals surface area contributed by atoms with E-state index in [2.05, 4.69) is 51.6 Å². The van der Waals surface area contributed by atoms with E-state index in [4.69, 9.17) is 0 Å². The quantitative estimate of drug-likeness (QED) is 0.804. The Kier molecular flexibility index (Phi) is 3.82. The van der Waals surface area contributed by atoms with Crippen LogP contribution in [0.3, 0.4) is 0 Å². The Morgan fingerprint density at radius 2 is 1.86 bits per heavy atom. The van der Waals surface area contributed by atoms with E-state index in [1.807, 2.05) is 13.0 Å². The van der Waals surface area contributed by atoms with Crippen molar-refractivity contribution in [1.82, 2.24) is 19.7 Å². The standard InChI is InChI=1S/C16H16FN5/c1-11-3-5-13(6-4-11)10-18-15-9-12(2)19-16(20-15)22-8-7-14(17)21-22/h3-9H,10H2,1-2H3,(H,18,19,20). The van der Waals surface area contributed by atoms with Crippen LogP contribution in [0.1, 0.15) is 16.8 Å². The Bertz CT molecular complexity index is 779. The molecule has 6 heteroatoms. The summed E-state index contributed by atoms with van der Waals surface area (Å²) in [6.45, 7) is 4.58. The average Bonchev–Trinajstić information content (AvgIpc) is 2.93. The van der Waals surface area contributed by atoms with E-state index in [9.17, 15) is 4.39 Å². The molecule has 0 aliphatic carbocycles. The molecule has 5 nitrogen and oxygen atoms in total. The van der Waals surface area contributed by atoms with Gasteiger partial charge in [-0.2, -0.15) is 9.37 Å². The molecule has 0 atom stereocenters. The molecular weight excluding hydrogens is 281 g/mol. The molecule has 0 unspecified atom stereocenters. The van der Waals surface area contributed by atoms with E-state index < -0.39 is 5.95 Å². The lowest BCUT2D eigenvalue weighted by Gasteiger charge is -2.08. The van der Waals surface area contributed by atoms with Crippen molar-refractivity contribution in [3.8, 4) is 5.95 Å². The Labute approximate surface area is 127 Å². The third kappa shape index (κ3) is 3.28. The maximum atomic E-state index is 13.0. The van der Waals surface area contributed by atoms with Crippen LogP contribution in [0.5, 0.6) is 0 Å². The highest BCUT2D eigenvalue weighted by Gasteiger charge is 2.06. The lowest BCUT2D eigenvalue weighted by atomic mass is 10.1. The summed E-state index contributed by atoms with van der Waals surface area (Å²) in [5.41, 5.74) is 3.17. The van der Waals surface area contributed by atoms with Crippen molar-refractivity contribution in [2.75, 3.05) is 5.32 Å². The van der Waals surface area contributed by atoms with E-state index >= 15 is 0 Å². The molecule has 1 N–H and O–H groups in total.